The molecule has 3 aromatic rings. The third-order valence-corrected chi connectivity index (χ3v) is 7.97. The average Bonchev–Trinajstić information content (AvgIpc) is 3.55. The summed E-state index contributed by atoms with van der Waals surface area (Å²) in [4.78, 5) is 13.9. The number of aryl methyl sites for hydroxylation is 1. The Hall–Kier alpha value is -3.50. The molecule has 10 nitrogen and oxygen atoms in total. The molecule has 1 aromatic carbocycles. The zero-order chi connectivity index (χ0) is 28.5. The van der Waals surface area contributed by atoms with E-state index in [2.05, 4.69) is 20.5 Å². The Kier molecular flexibility index (Phi) is 7.83. The third kappa shape index (κ3) is 6.28. The summed E-state index contributed by atoms with van der Waals surface area (Å²) in [6.45, 7) is 8.47. The van der Waals surface area contributed by atoms with Crippen LogP contribution in [0.15, 0.2) is 30.5 Å². The van der Waals surface area contributed by atoms with E-state index in [1.54, 1.807) is 11.1 Å². The molecule has 0 radical (unpaired) electrons. The number of amides is 1. The van der Waals surface area contributed by atoms with Crippen molar-refractivity contribution in [3.63, 3.8) is 0 Å². The van der Waals surface area contributed by atoms with Gasteiger partial charge in [0.05, 0.1) is 12.2 Å². The maximum atomic E-state index is 15.9. The fourth-order valence-electron chi connectivity index (χ4n) is 5.59. The van der Waals surface area contributed by atoms with E-state index in [0.717, 1.165) is 48.6 Å². The molecule has 0 spiro atoms. The van der Waals surface area contributed by atoms with E-state index in [1.165, 1.54) is 0 Å². The van der Waals surface area contributed by atoms with E-state index in [9.17, 15) is 4.79 Å². The number of carbonyl (C=O) groups excluding carboxylic acids is 1. The van der Waals surface area contributed by atoms with Crippen LogP contribution in [0.5, 0.6) is 5.75 Å². The van der Waals surface area contributed by atoms with Crippen molar-refractivity contribution >= 4 is 6.09 Å². The summed E-state index contributed by atoms with van der Waals surface area (Å²) in [5.41, 5.74) is -0.666. The molecule has 1 aliphatic carbocycles. The number of ether oxygens (including phenoxy) is 2. The number of likely N-dealkylation sites (tertiary alicyclic amines) is 1. The maximum absolute atomic E-state index is 15.9. The number of aromatic nitrogens is 6. The Balaban J connectivity index is 1.14. The minimum atomic E-state index is -1.59. The second-order valence-corrected chi connectivity index (χ2v) is 12.2. The van der Waals surface area contributed by atoms with E-state index in [0.29, 0.717) is 31.3 Å². The predicted octanol–water partition coefficient (Wildman–Crippen LogP) is 5.39. The number of hydrogen-bond donors (Lipinski definition) is 0. The van der Waals surface area contributed by atoms with Crippen molar-refractivity contribution in [2.24, 2.45) is 7.05 Å². The van der Waals surface area contributed by atoms with Gasteiger partial charge in [-0.2, -0.15) is 0 Å². The van der Waals surface area contributed by atoms with E-state index in [1.807, 2.05) is 68.3 Å². The molecule has 2 aliphatic rings. The Labute approximate surface area is 234 Å². The standard InChI is InChI=1S/C29H40FN7O3/c1-20-7-6-8-23(17-20)39-19-25-32-33-26(35(25)5)21-9-11-22(12-10-21)37-18-24(31-34-37)29(30)13-15-36(16-14-29)27(38)40-28(2,3)4/h6-8,17-18,21-22H,9-16,19H2,1-5H3. The maximum Gasteiger partial charge on any atom is 0.410 e. The first-order valence-electron chi connectivity index (χ1n) is 14.2. The predicted molar refractivity (Wildman–Crippen MR) is 147 cm³/mol. The van der Waals surface area contributed by atoms with Crippen LogP contribution in [0.2, 0.25) is 0 Å². The molecule has 2 aromatic heterocycles. The van der Waals surface area contributed by atoms with Crippen LogP contribution >= 0.6 is 0 Å². The highest BCUT2D eigenvalue weighted by Gasteiger charge is 2.41. The first-order valence-corrected chi connectivity index (χ1v) is 14.2. The first-order chi connectivity index (χ1) is 19.0. The SMILES string of the molecule is Cc1cccc(OCc2nnc(C3CCC(n4cc(C5(F)CCN(C(=O)OC(C)(C)C)CC5)nn4)CC3)n2C)c1. The lowest BCUT2D eigenvalue weighted by Crippen LogP contribution is -2.45. The molecule has 2 fully saturated rings. The minimum absolute atomic E-state index is 0.167. The van der Waals surface area contributed by atoms with Crippen molar-refractivity contribution in [2.75, 3.05) is 13.1 Å². The number of nitrogens with zero attached hydrogens (tertiary/aromatic N) is 7. The number of benzene rings is 1. The fourth-order valence-corrected chi connectivity index (χ4v) is 5.59. The van der Waals surface area contributed by atoms with Gasteiger partial charge in [0.15, 0.2) is 11.5 Å². The topological polar surface area (TPSA) is 100 Å². The van der Waals surface area contributed by atoms with Crippen LogP contribution in [0.3, 0.4) is 0 Å². The van der Waals surface area contributed by atoms with E-state index in [4.69, 9.17) is 9.47 Å². The van der Waals surface area contributed by atoms with Crippen LogP contribution in [0.1, 0.15) is 94.2 Å². The van der Waals surface area contributed by atoms with Crippen LogP contribution in [0, 0.1) is 6.92 Å². The Morgan fingerprint density at radius 3 is 2.50 bits per heavy atom. The number of rotatable bonds is 6. The minimum Gasteiger partial charge on any atom is -0.486 e. The second-order valence-electron chi connectivity index (χ2n) is 12.2. The first kappa shape index (κ1) is 28.0. The van der Waals surface area contributed by atoms with Gasteiger partial charge in [-0.15, -0.1) is 15.3 Å². The summed E-state index contributed by atoms with van der Waals surface area (Å²) in [7, 11) is 1.99. The molecule has 11 heteroatoms. The highest BCUT2D eigenvalue weighted by atomic mass is 19.1. The van der Waals surface area contributed by atoms with Gasteiger partial charge < -0.3 is 18.9 Å². The molecule has 1 aliphatic heterocycles. The molecule has 216 valence electrons. The number of piperidine rings is 1. The summed E-state index contributed by atoms with van der Waals surface area (Å²) in [6, 6.07) is 8.13. The van der Waals surface area contributed by atoms with Gasteiger partial charge in [-0.3, -0.25) is 0 Å². The van der Waals surface area contributed by atoms with Gasteiger partial charge in [-0.25, -0.2) is 13.9 Å². The van der Waals surface area contributed by atoms with E-state index < -0.39 is 17.4 Å². The molecule has 0 bridgehead atoms. The smallest absolute Gasteiger partial charge is 0.410 e. The molecule has 0 N–H and O–H groups in total. The molecule has 0 unspecified atom stereocenters. The van der Waals surface area contributed by atoms with Crippen molar-refractivity contribution < 1.29 is 18.7 Å². The zero-order valence-corrected chi connectivity index (χ0v) is 24.1. The highest BCUT2D eigenvalue weighted by Crippen LogP contribution is 2.39. The third-order valence-electron chi connectivity index (χ3n) is 7.97. The Bertz CT molecular complexity index is 1320. The van der Waals surface area contributed by atoms with Gasteiger partial charge in [0.2, 0.25) is 0 Å². The molecule has 40 heavy (non-hydrogen) atoms. The molecule has 3 heterocycles. The van der Waals surface area contributed by atoms with E-state index in [-0.39, 0.29) is 18.9 Å². The summed E-state index contributed by atoms with van der Waals surface area (Å²) >= 11 is 0. The second kappa shape index (κ2) is 11.2. The number of halogens is 1. The monoisotopic (exact) mass is 553 g/mol. The van der Waals surface area contributed by atoms with Gasteiger partial charge in [0.25, 0.3) is 0 Å². The molecule has 1 amide bonds. The van der Waals surface area contributed by atoms with E-state index >= 15 is 4.39 Å². The molecule has 1 saturated carbocycles. The summed E-state index contributed by atoms with van der Waals surface area (Å²) in [5, 5.41) is 17.4. The van der Waals surface area contributed by atoms with Gasteiger partial charge in [-0.05, 0) is 71.1 Å². The van der Waals surface area contributed by atoms with Gasteiger partial charge in [0.1, 0.15) is 29.5 Å². The van der Waals surface area contributed by atoms with Crippen molar-refractivity contribution in [3.8, 4) is 5.75 Å². The molecular formula is C29H40FN7O3. The lowest BCUT2D eigenvalue weighted by atomic mass is 9.85. The van der Waals surface area contributed by atoms with Crippen molar-refractivity contribution in [1.82, 2.24) is 34.7 Å². The van der Waals surface area contributed by atoms with Crippen LogP contribution in [0.4, 0.5) is 9.18 Å². The number of carbonyl (C=O) groups is 1. The van der Waals surface area contributed by atoms with Gasteiger partial charge in [0, 0.05) is 38.9 Å². The zero-order valence-electron chi connectivity index (χ0n) is 24.1. The number of hydrogen-bond acceptors (Lipinski definition) is 7. The fraction of sp³-hybridized carbons (Fsp3) is 0.621. The van der Waals surface area contributed by atoms with Crippen LogP contribution in [0.25, 0.3) is 0 Å². The molecular weight excluding hydrogens is 513 g/mol. The van der Waals surface area contributed by atoms with Crippen LogP contribution in [-0.2, 0) is 24.1 Å². The van der Waals surface area contributed by atoms with Crippen molar-refractivity contribution in [3.05, 3.63) is 53.4 Å². The molecule has 0 atom stereocenters. The quantitative estimate of drug-likeness (QED) is 0.404. The lowest BCUT2D eigenvalue weighted by Gasteiger charge is -2.36. The normalized spacial score (nSPS) is 21.3. The number of alkyl halides is 1. The summed E-state index contributed by atoms with van der Waals surface area (Å²) in [6.07, 6.45) is 5.41. The van der Waals surface area contributed by atoms with Crippen molar-refractivity contribution in [1.29, 1.82) is 0 Å². The van der Waals surface area contributed by atoms with Crippen molar-refractivity contribution in [2.45, 2.75) is 96.1 Å². The van der Waals surface area contributed by atoms with Crippen LogP contribution < -0.4 is 4.74 Å². The lowest BCUT2D eigenvalue weighted by molar-refractivity contribution is 0.00123. The van der Waals surface area contributed by atoms with Gasteiger partial charge >= 0.3 is 6.09 Å². The highest BCUT2D eigenvalue weighted by molar-refractivity contribution is 5.68. The Morgan fingerprint density at radius 1 is 1.10 bits per heavy atom. The largest absolute Gasteiger partial charge is 0.486 e. The average molecular weight is 554 g/mol. The van der Waals surface area contributed by atoms with Gasteiger partial charge in [-0.1, -0.05) is 17.3 Å². The summed E-state index contributed by atoms with van der Waals surface area (Å²) in [5.74, 6) is 2.89. The summed E-state index contributed by atoms with van der Waals surface area (Å²) < 4.78 is 31.1. The van der Waals surface area contributed by atoms with Crippen LogP contribution in [-0.4, -0.2) is 59.4 Å². The molecule has 1 saturated heterocycles. The molecule has 5 rings (SSSR count). The Morgan fingerprint density at radius 2 is 1.82 bits per heavy atom.